The molecule has 1 aliphatic rings. The van der Waals surface area contributed by atoms with Crippen molar-refractivity contribution in [2.45, 2.75) is 6.10 Å². The van der Waals surface area contributed by atoms with Gasteiger partial charge in [0.25, 0.3) is 5.91 Å². The predicted octanol–water partition coefficient (Wildman–Crippen LogP) is 4.42. The van der Waals surface area contributed by atoms with Gasteiger partial charge in [0.05, 0.1) is 17.4 Å². The average molecular weight is 432 g/mol. The minimum atomic E-state index is -1.27. The summed E-state index contributed by atoms with van der Waals surface area (Å²) in [6.45, 7) is 1.33. The molecule has 5 heteroatoms. The van der Waals surface area contributed by atoms with Crippen molar-refractivity contribution in [2.24, 2.45) is 0 Å². The molecule has 0 N–H and O–H groups in total. The van der Waals surface area contributed by atoms with Gasteiger partial charge in [-0.1, -0.05) is 91.0 Å². The molecule has 0 radical (unpaired) electrons. The Hall–Kier alpha value is -3.02. The summed E-state index contributed by atoms with van der Waals surface area (Å²) in [6.07, 6.45) is 1.54. The fourth-order valence-electron chi connectivity index (χ4n) is 3.62. The van der Waals surface area contributed by atoms with Crippen LogP contribution in [0, 0.1) is 0 Å². The summed E-state index contributed by atoms with van der Waals surface area (Å²) >= 11 is 0. The Labute approximate surface area is 185 Å². The summed E-state index contributed by atoms with van der Waals surface area (Å²) in [4.78, 5) is 15.1. The normalized spacial score (nSPS) is 18.0. The Balaban J connectivity index is 1.45. The molecule has 1 atom stereocenters. The lowest BCUT2D eigenvalue weighted by Gasteiger charge is -2.29. The lowest BCUT2D eigenvalue weighted by atomic mass is 10.0. The van der Waals surface area contributed by atoms with E-state index in [9.17, 15) is 9.00 Å². The summed E-state index contributed by atoms with van der Waals surface area (Å²) in [5, 5.41) is 0. The van der Waals surface area contributed by atoms with E-state index in [2.05, 4.69) is 0 Å². The second-order valence-corrected chi connectivity index (χ2v) is 8.87. The first-order chi connectivity index (χ1) is 15.2. The van der Waals surface area contributed by atoms with E-state index >= 15 is 0 Å². The molecule has 1 fully saturated rings. The van der Waals surface area contributed by atoms with Gasteiger partial charge in [-0.15, -0.1) is 0 Å². The maximum atomic E-state index is 13.0. The Kier molecular flexibility index (Phi) is 7.07. The molecule has 0 saturated carbocycles. The fourth-order valence-corrected chi connectivity index (χ4v) is 4.82. The third-order valence-corrected chi connectivity index (χ3v) is 6.57. The topological polar surface area (TPSA) is 46.6 Å². The number of carbonyl (C=O) groups excluding carboxylic acids is 1. The molecule has 0 aromatic heterocycles. The number of rotatable bonds is 7. The summed E-state index contributed by atoms with van der Waals surface area (Å²) in [5.41, 5.74) is 3.03. The van der Waals surface area contributed by atoms with Crippen molar-refractivity contribution in [3.05, 3.63) is 113 Å². The van der Waals surface area contributed by atoms with Crippen LogP contribution in [0.2, 0.25) is 0 Å². The maximum Gasteiger partial charge on any atom is 0.262 e. The van der Waals surface area contributed by atoms with Crippen LogP contribution in [0.25, 0.3) is 6.08 Å². The van der Waals surface area contributed by atoms with E-state index in [1.165, 1.54) is 0 Å². The fraction of sp³-hybridized carbons (Fsp3) is 0.192. The van der Waals surface area contributed by atoms with E-state index in [4.69, 9.17) is 4.74 Å². The van der Waals surface area contributed by atoms with Crippen LogP contribution in [0.15, 0.2) is 95.9 Å². The highest BCUT2D eigenvalue weighted by molar-refractivity contribution is 7.90. The molecule has 0 spiro atoms. The summed E-state index contributed by atoms with van der Waals surface area (Å²) < 4.78 is 18.7. The van der Waals surface area contributed by atoms with Crippen molar-refractivity contribution in [2.75, 3.05) is 25.4 Å². The van der Waals surface area contributed by atoms with Crippen molar-refractivity contribution < 1.29 is 13.7 Å². The lowest BCUT2D eigenvalue weighted by Crippen LogP contribution is -2.43. The molecule has 1 amide bonds. The van der Waals surface area contributed by atoms with E-state index in [0.717, 1.165) is 16.7 Å². The van der Waals surface area contributed by atoms with E-state index in [0.29, 0.717) is 30.4 Å². The highest BCUT2D eigenvalue weighted by Crippen LogP contribution is 2.26. The first-order valence-electron chi connectivity index (χ1n) is 10.4. The van der Waals surface area contributed by atoms with Crippen molar-refractivity contribution in [1.29, 1.82) is 0 Å². The highest BCUT2D eigenvalue weighted by atomic mass is 32.2. The second-order valence-electron chi connectivity index (χ2n) is 7.33. The Morgan fingerprint density at radius 2 is 1.42 bits per heavy atom. The number of hydrogen-bond acceptors (Lipinski definition) is 3. The average Bonchev–Trinajstić information content (AvgIpc) is 2.82. The first-order valence-corrected chi connectivity index (χ1v) is 11.7. The molecule has 0 aliphatic carbocycles. The minimum Gasteiger partial charge on any atom is -0.367 e. The quantitative estimate of drug-likeness (QED) is 0.520. The van der Waals surface area contributed by atoms with Crippen LogP contribution in [-0.4, -0.2) is 40.5 Å². The van der Waals surface area contributed by atoms with Crippen LogP contribution < -0.4 is 0 Å². The van der Waals surface area contributed by atoms with E-state index in [1.54, 1.807) is 11.0 Å². The number of hydrogen-bond donors (Lipinski definition) is 0. The van der Waals surface area contributed by atoms with Gasteiger partial charge in [-0.2, -0.15) is 0 Å². The predicted molar refractivity (Wildman–Crippen MR) is 125 cm³/mol. The summed E-state index contributed by atoms with van der Waals surface area (Å²) in [5.74, 6) is 0.276. The lowest BCUT2D eigenvalue weighted by molar-refractivity contribution is -0.127. The molecule has 0 bridgehead atoms. The van der Waals surface area contributed by atoms with E-state index in [-0.39, 0.29) is 12.0 Å². The Morgan fingerprint density at radius 1 is 0.871 bits per heavy atom. The van der Waals surface area contributed by atoms with Gasteiger partial charge in [-0.3, -0.25) is 9.00 Å². The molecule has 1 aliphatic heterocycles. The number of nitrogens with zero attached hydrogens (tertiary/aromatic N) is 1. The molecular weight excluding hydrogens is 406 g/mol. The number of ether oxygens (including phenoxy) is 1. The maximum absolute atomic E-state index is 13.0. The van der Waals surface area contributed by atoms with Crippen LogP contribution in [0.3, 0.4) is 0 Å². The first kappa shape index (κ1) is 21.2. The molecule has 3 aromatic rings. The zero-order chi connectivity index (χ0) is 21.5. The van der Waals surface area contributed by atoms with Crippen molar-refractivity contribution in [3.63, 3.8) is 0 Å². The summed E-state index contributed by atoms with van der Waals surface area (Å²) in [6, 6.07) is 29.7. The van der Waals surface area contributed by atoms with Gasteiger partial charge in [-0.05, 0) is 22.8 Å². The molecule has 4 nitrogen and oxygen atoms in total. The van der Waals surface area contributed by atoms with Crippen molar-refractivity contribution in [3.8, 4) is 0 Å². The van der Waals surface area contributed by atoms with E-state index in [1.807, 2.05) is 91.0 Å². The molecule has 3 aromatic carbocycles. The second kappa shape index (κ2) is 10.3. The Morgan fingerprint density at radius 3 is 2.00 bits per heavy atom. The van der Waals surface area contributed by atoms with Gasteiger partial charge in [0.15, 0.2) is 0 Å². The standard InChI is InChI=1S/C26H25NO3S/c28-26-24(20-21-10-4-1-5-11-21)31(29)19-17-27(26)16-18-30-25(22-12-6-2-7-13-22)23-14-8-3-9-15-23/h1-15,20,25H,16-19H2. The molecule has 1 heterocycles. The van der Waals surface area contributed by atoms with Crippen molar-refractivity contribution in [1.82, 2.24) is 4.90 Å². The molecule has 1 saturated heterocycles. The largest absolute Gasteiger partial charge is 0.367 e. The van der Waals surface area contributed by atoms with Gasteiger partial charge < -0.3 is 9.64 Å². The zero-order valence-electron chi connectivity index (χ0n) is 17.2. The Bertz CT molecular complexity index is 1010. The van der Waals surface area contributed by atoms with Crippen LogP contribution in [0.4, 0.5) is 0 Å². The van der Waals surface area contributed by atoms with Gasteiger partial charge in [0.1, 0.15) is 11.0 Å². The SMILES string of the molecule is O=C1C(=Cc2ccccc2)S(=O)CCN1CCOC(c1ccccc1)c1ccccc1. The molecule has 1 unspecified atom stereocenters. The van der Waals surface area contributed by atoms with Crippen LogP contribution >= 0.6 is 0 Å². The van der Waals surface area contributed by atoms with Gasteiger partial charge >= 0.3 is 0 Å². The van der Waals surface area contributed by atoms with Gasteiger partial charge in [-0.25, -0.2) is 0 Å². The van der Waals surface area contributed by atoms with Crippen LogP contribution in [-0.2, 0) is 20.3 Å². The molecule has 4 rings (SSSR count). The smallest absolute Gasteiger partial charge is 0.262 e. The molecular formula is C26H25NO3S. The highest BCUT2D eigenvalue weighted by Gasteiger charge is 2.28. The van der Waals surface area contributed by atoms with Crippen LogP contribution in [0.5, 0.6) is 0 Å². The number of amides is 1. The van der Waals surface area contributed by atoms with Gasteiger partial charge in [0.2, 0.25) is 0 Å². The molecule has 31 heavy (non-hydrogen) atoms. The molecule has 158 valence electrons. The third kappa shape index (κ3) is 5.37. The number of benzene rings is 3. The number of carbonyl (C=O) groups is 1. The van der Waals surface area contributed by atoms with E-state index < -0.39 is 10.8 Å². The monoisotopic (exact) mass is 431 g/mol. The minimum absolute atomic E-state index is 0.173. The van der Waals surface area contributed by atoms with Crippen molar-refractivity contribution >= 4 is 22.8 Å². The third-order valence-electron chi connectivity index (χ3n) is 5.24. The zero-order valence-corrected chi connectivity index (χ0v) is 18.0. The van der Waals surface area contributed by atoms with Crippen LogP contribution in [0.1, 0.15) is 22.8 Å². The van der Waals surface area contributed by atoms with Gasteiger partial charge in [0, 0.05) is 18.8 Å². The summed E-state index contributed by atoms with van der Waals surface area (Å²) in [7, 11) is -1.27.